The molecule has 226 valence electrons. The third-order valence-electron chi connectivity index (χ3n) is 10.8. The Morgan fingerprint density at radius 2 is 1.93 bits per heavy atom. The summed E-state index contributed by atoms with van der Waals surface area (Å²) >= 11 is 0. The van der Waals surface area contributed by atoms with Crippen LogP contribution in [-0.4, -0.2) is 77.7 Å². The molecule has 5 rings (SSSR count). The molecule has 1 saturated heterocycles. The van der Waals surface area contributed by atoms with Crippen LogP contribution in [0.2, 0.25) is 0 Å². The maximum Gasteiger partial charge on any atom is 0.326 e. The monoisotopic (exact) mass is 565 g/mol. The zero-order chi connectivity index (χ0) is 29.4. The van der Waals surface area contributed by atoms with Gasteiger partial charge in [-0.2, -0.15) is 0 Å². The van der Waals surface area contributed by atoms with Gasteiger partial charge in [0.1, 0.15) is 12.1 Å². The number of esters is 2. The second kappa shape index (κ2) is 10.2. The summed E-state index contributed by atoms with van der Waals surface area (Å²) in [6.45, 7) is 13.7. The molecule has 0 aromatic rings. The van der Waals surface area contributed by atoms with Gasteiger partial charge in [0.25, 0.3) is 0 Å². The molecule has 4 fully saturated rings. The molecule has 0 radical (unpaired) electrons. The summed E-state index contributed by atoms with van der Waals surface area (Å²) in [7, 11) is 0. The topological polar surface area (TPSA) is 147 Å². The van der Waals surface area contributed by atoms with Crippen LogP contribution in [0.25, 0.3) is 0 Å². The zero-order valence-corrected chi connectivity index (χ0v) is 24.8. The first-order valence-electron chi connectivity index (χ1n) is 14.8. The van der Waals surface area contributed by atoms with Crippen molar-refractivity contribution in [3.05, 3.63) is 11.8 Å². The fraction of sp³-hybridized carbons (Fsp3) is 0.867. The molecule has 10 heteroatoms. The van der Waals surface area contributed by atoms with Gasteiger partial charge in [0.2, 0.25) is 6.29 Å². The lowest BCUT2D eigenvalue weighted by Crippen LogP contribution is -2.60. The molecule has 3 aliphatic carbocycles. The maximum absolute atomic E-state index is 13.8. The molecule has 0 aromatic heterocycles. The van der Waals surface area contributed by atoms with E-state index in [4.69, 9.17) is 29.4 Å². The average molecular weight is 566 g/mol. The van der Waals surface area contributed by atoms with E-state index in [9.17, 15) is 19.8 Å². The molecule has 2 unspecified atom stereocenters. The van der Waals surface area contributed by atoms with Crippen molar-refractivity contribution in [2.45, 2.75) is 110 Å². The number of rotatable bonds is 11. The standard InChI is InChI=1S/C30H47NO9/c1-8-14(2)11-36-20-9-17-26(37-12-15(3)16(4)32)38-13-19-22-21(39-25(33)24(31)28(5,6)35)18-10-30(17,19)23(20)29(18,7)27(34)40-22/h13-18,20-24,26,32,35H,8-12,31H2,1-7H3/t14?,15-,16+,17-,18+,20-,21?,22-,23+,24-,26-,29-,30+/m1/s1. The van der Waals surface area contributed by atoms with Gasteiger partial charge in [-0.05, 0) is 46.5 Å². The summed E-state index contributed by atoms with van der Waals surface area (Å²) in [5.41, 5.74) is 3.93. The molecular formula is C30H47NO9. The van der Waals surface area contributed by atoms with E-state index in [1.165, 1.54) is 13.8 Å². The normalized spacial score (nSPS) is 42.3. The first kappa shape index (κ1) is 29.8. The summed E-state index contributed by atoms with van der Waals surface area (Å²) < 4.78 is 31.2. The van der Waals surface area contributed by atoms with Crippen molar-refractivity contribution in [2.24, 2.45) is 46.2 Å². The van der Waals surface area contributed by atoms with E-state index >= 15 is 0 Å². The number of fused-ring (bicyclic) bond motifs is 3. The SMILES string of the molecule is CCC(C)CO[C@@H]1C[C@@H]2[C@H](OC[C@@H](C)[C@H](C)O)OC=C3[C@H]4OC(=O)[C@]5(C)[C@@H](C[C@@]32[C@@H]15)C4OC(=O)[C@@H](N)C(C)(C)O. The van der Waals surface area contributed by atoms with Crippen molar-refractivity contribution >= 4 is 11.9 Å². The molecular weight excluding hydrogens is 518 g/mol. The molecule has 13 atom stereocenters. The summed E-state index contributed by atoms with van der Waals surface area (Å²) in [5, 5.41) is 20.4. The van der Waals surface area contributed by atoms with Crippen LogP contribution >= 0.6 is 0 Å². The third kappa shape index (κ3) is 4.32. The molecule has 2 aliphatic heterocycles. The predicted octanol–water partition coefficient (Wildman–Crippen LogP) is 2.29. The summed E-state index contributed by atoms with van der Waals surface area (Å²) in [6.07, 6.45) is 1.02. The highest BCUT2D eigenvalue weighted by atomic mass is 16.7. The Labute approximate surface area is 236 Å². The van der Waals surface area contributed by atoms with E-state index in [0.29, 0.717) is 32.0 Å². The average Bonchev–Trinajstić information content (AvgIpc) is 3.32. The number of ether oxygens (including phenoxy) is 5. The smallest absolute Gasteiger partial charge is 0.326 e. The second-order valence-electron chi connectivity index (χ2n) is 13.8. The minimum absolute atomic E-state index is 0.0776. The van der Waals surface area contributed by atoms with Crippen molar-refractivity contribution in [1.29, 1.82) is 0 Å². The van der Waals surface area contributed by atoms with Crippen molar-refractivity contribution in [1.82, 2.24) is 0 Å². The van der Waals surface area contributed by atoms with Crippen molar-refractivity contribution in [3.63, 3.8) is 0 Å². The molecule has 10 nitrogen and oxygen atoms in total. The Bertz CT molecular complexity index is 1040. The van der Waals surface area contributed by atoms with Gasteiger partial charge in [-0.25, -0.2) is 0 Å². The van der Waals surface area contributed by atoms with Crippen LogP contribution in [-0.2, 0) is 33.3 Å². The predicted molar refractivity (Wildman–Crippen MR) is 143 cm³/mol. The lowest BCUT2D eigenvalue weighted by molar-refractivity contribution is -0.215. The quantitative estimate of drug-likeness (QED) is 0.319. The van der Waals surface area contributed by atoms with Crippen LogP contribution in [0.4, 0.5) is 0 Å². The summed E-state index contributed by atoms with van der Waals surface area (Å²) in [6, 6.07) is -1.25. The maximum atomic E-state index is 13.8. The van der Waals surface area contributed by atoms with Crippen LogP contribution < -0.4 is 5.73 Å². The highest BCUT2D eigenvalue weighted by molar-refractivity contribution is 5.83. The number of nitrogens with two attached hydrogens (primary N) is 1. The van der Waals surface area contributed by atoms with Gasteiger partial charge in [0.15, 0.2) is 6.10 Å². The van der Waals surface area contributed by atoms with E-state index in [1.807, 2.05) is 13.8 Å². The third-order valence-corrected chi connectivity index (χ3v) is 10.8. The van der Waals surface area contributed by atoms with Gasteiger partial charge < -0.3 is 39.6 Å². The van der Waals surface area contributed by atoms with E-state index in [0.717, 1.165) is 12.0 Å². The number of aliphatic hydroxyl groups excluding tert-OH is 1. The fourth-order valence-corrected chi connectivity index (χ4v) is 7.95. The molecule has 5 aliphatic rings. The van der Waals surface area contributed by atoms with Gasteiger partial charge in [-0.1, -0.05) is 27.2 Å². The molecule has 40 heavy (non-hydrogen) atoms. The Kier molecular flexibility index (Phi) is 7.61. The first-order chi connectivity index (χ1) is 18.7. The molecule has 1 spiro atoms. The number of hydrogen-bond acceptors (Lipinski definition) is 10. The molecule has 3 saturated carbocycles. The Balaban J connectivity index is 1.53. The van der Waals surface area contributed by atoms with Crippen molar-refractivity contribution in [3.8, 4) is 0 Å². The molecule has 2 heterocycles. The lowest BCUT2D eigenvalue weighted by atomic mass is 9.61. The Morgan fingerprint density at radius 3 is 2.55 bits per heavy atom. The largest absolute Gasteiger partial charge is 0.472 e. The minimum Gasteiger partial charge on any atom is -0.472 e. The van der Waals surface area contributed by atoms with Crippen molar-refractivity contribution < 1.29 is 43.5 Å². The van der Waals surface area contributed by atoms with Gasteiger partial charge in [0, 0.05) is 41.3 Å². The summed E-state index contributed by atoms with van der Waals surface area (Å²) in [4.78, 5) is 26.9. The van der Waals surface area contributed by atoms with E-state index in [1.54, 1.807) is 13.2 Å². The Hall–Kier alpha value is -1.72. The van der Waals surface area contributed by atoms with Gasteiger partial charge >= 0.3 is 11.9 Å². The summed E-state index contributed by atoms with van der Waals surface area (Å²) in [5.74, 6) is -1.38. The molecule has 0 aromatic carbocycles. The zero-order valence-electron chi connectivity index (χ0n) is 24.8. The van der Waals surface area contributed by atoms with Gasteiger partial charge in [0.05, 0.1) is 36.1 Å². The first-order valence-corrected chi connectivity index (χ1v) is 14.8. The van der Waals surface area contributed by atoms with Crippen LogP contribution in [0, 0.1) is 40.4 Å². The van der Waals surface area contributed by atoms with E-state index in [2.05, 4.69) is 13.8 Å². The lowest BCUT2D eigenvalue weighted by Gasteiger charge is -2.51. The van der Waals surface area contributed by atoms with Gasteiger partial charge in [-0.3, -0.25) is 9.59 Å². The number of hydrogen-bond donors (Lipinski definition) is 3. The highest BCUT2D eigenvalue weighted by Gasteiger charge is 2.82. The van der Waals surface area contributed by atoms with Crippen molar-refractivity contribution in [2.75, 3.05) is 13.2 Å². The van der Waals surface area contributed by atoms with E-state index < -0.39 is 53.0 Å². The molecule has 4 N–H and O–H groups in total. The number of carbonyl (C=O) groups excluding carboxylic acids is 2. The minimum atomic E-state index is -1.47. The second-order valence-corrected chi connectivity index (χ2v) is 13.8. The fourth-order valence-electron chi connectivity index (χ4n) is 7.95. The number of carbonyl (C=O) groups is 2. The van der Waals surface area contributed by atoms with Crippen LogP contribution in [0.1, 0.15) is 67.7 Å². The molecule has 0 amide bonds. The van der Waals surface area contributed by atoms with E-state index in [-0.39, 0.29) is 35.7 Å². The van der Waals surface area contributed by atoms with Crippen LogP contribution in [0.3, 0.4) is 0 Å². The van der Waals surface area contributed by atoms with Crippen LogP contribution in [0.5, 0.6) is 0 Å². The van der Waals surface area contributed by atoms with Crippen LogP contribution in [0.15, 0.2) is 11.8 Å². The Morgan fingerprint density at radius 1 is 1.23 bits per heavy atom. The number of aliphatic hydroxyl groups is 2. The molecule has 3 bridgehead atoms. The highest BCUT2D eigenvalue weighted by Crippen LogP contribution is 2.77. The van der Waals surface area contributed by atoms with Gasteiger partial charge in [-0.15, -0.1) is 0 Å².